The Bertz CT molecular complexity index is 354. The lowest BCUT2D eigenvalue weighted by atomic mass is 10.1. The second-order valence-corrected chi connectivity index (χ2v) is 4.54. The minimum absolute atomic E-state index is 0.0156. The molecule has 1 aliphatic carbocycles. The summed E-state index contributed by atoms with van der Waals surface area (Å²) in [7, 11) is 0. The fraction of sp³-hybridized carbons (Fsp3) is 0.583. The van der Waals surface area contributed by atoms with Gasteiger partial charge in [-0.1, -0.05) is 6.07 Å². The van der Waals surface area contributed by atoms with Crippen LogP contribution in [0.4, 0.5) is 0 Å². The third-order valence-electron chi connectivity index (χ3n) is 3.56. The normalized spacial score (nSPS) is 38.5. The number of aliphatic hydroxyl groups is 1. The summed E-state index contributed by atoms with van der Waals surface area (Å²) >= 11 is 0. The van der Waals surface area contributed by atoms with Gasteiger partial charge in [0.05, 0.1) is 18.3 Å². The van der Waals surface area contributed by atoms with Gasteiger partial charge in [0.15, 0.2) is 0 Å². The van der Waals surface area contributed by atoms with Crippen LogP contribution < -0.4 is 0 Å². The number of aliphatic hydroxyl groups excluding tert-OH is 1. The Morgan fingerprint density at radius 1 is 1.53 bits per heavy atom. The fourth-order valence-corrected chi connectivity index (χ4v) is 2.63. The summed E-state index contributed by atoms with van der Waals surface area (Å²) in [5, 5.41) is 9.04. The Morgan fingerprint density at radius 3 is 3.13 bits per heavy atom. The van der Waals surface area contributed by atoms with Crippen LogP contribution in [0.3, 0.4) is 0 Å². The Balaban J connectivity index is 1.74. The quantitative estimate of drug-likeness (QED) is 0.795. The molecule has 1 aromatic rings. The van der Waals surface area contributed by atoms with Crippen LogP contribution in [-0.2, 0) is 4.74 Å². The van der Waals surface area contributed by atoms with Crippen LogP contribution in [0, 0.1) is 0 Å². The molecule has 3 rings (SSSR count). The zero-order chi connectivity index (χ0) is 10.3. The monoisotopic (exact) mass is 205 g/mol. The molecule has 2 heterocycles. The number of hydrogen-bond donors (Lipinski definition) is 1. The highest BCUT2D eigenvalue weighted by molar-refractivity contribution is 5.27. The molecule has 15 heavy (non-hydrogen) atoms. The standard InChI is InChI=1S/C12H15NO2/c14-8-9-4-5-12(15-9)7-10(12)11-3-1-2-6-13-11/h1-3,6,9-10,14H,4-5,7-8H2/t9-,10?,12?/m1/s1. The van der Waals surface area contributed by atoms with Crippen LogP contribution in [0.1, 0.15) is 30.9 Å². The Morgan fingerprint density at radius 2 is 2.47 bits per heavy atom. The fourth-order valence-electron chi connectivity index (χ4n) is 2.63. The van der Waals surface area contributed by atoms with Crippen LogP contribution in [0.2, 0.25) is 0 Å². The van der Waals surface area contributed by atoms with Crippen molar-refractivity contribution in [2.45, 2.75) is 36.9 Å². The van der Waals surface area contributed by atoms with Gasteiger partial charge in [-0.15, -0.1) is 0 Å². The second kappa shape index (κ2) is 3.29. The van der Waals surface area contributed by atoms with Crippen molar-refractivity contribution in [1.29, 1.82) is 0 Å². The van der Waals surface area contributed by atoms with E-state index in [0.717, 1.165) is 25.0 Å². The maximum absolute atomic E-state index is 9.04. The SMILES string of the molecule is OC[C@H]1CCC2(CC2c2ccccn2)O1. The number of hydrogen-bond acceptors (Lipinski definition) is 3. The van der Waals surface area contributed by atoms with Crippen LogP contribution in [0.15, 0.2) is 24.4 Å². The van der Waals surface area contributed by atoms with Gasteiger partial charge in [0.2, 0.25) is 0 Å². The van der Waals surface area contributed by atoms with Crippen molar-refractivity contribution in [3.63, 3.8) is 0 Å². The largest absolute Gasteiger partial charge is 0.394 e. The lowest BCUT2D eigenvalue weighted by molar-refractivity contribution is -0.00525. The Hall–Kier alpha value is -0.930. The Labute approximate surface area is 89.1 Å². The van der Waals surface area contributed by atoms with Crippen molar-refractivity contribution < 1.29 is 9.84 Å². The highest BCUT2D eigenvalue weighted by Gasteiger charge is 2.60. The van der Waals surface area contributed by atoms with Gasteiger partial charge in [-0.3, -0.25) is 4.98 Å². The molecule has 1 N–H and O–H groups in total. The molecule has 0 radical (unpaired) electrons. The average molecular weight is 205 g/mol. The highest BCUT2D eigenvalue weighted by atomic mass is 16.5. The number of pyridine rings is 1. The summed E-state index contributed by atoms with van der Waals surface area (Å²) in [5.41, 5.74) is 1.15. The third-order valence-corrected chi connectivity index (χ3v) is 3.56. The number of ether oxygens (including phenoxy) is 1. The van der Waals surface area contributed by atoms with Gasteiger partial charge in [0.1, 0.15) is 0 Å². The lowest BCUT2D eigenvalue weighted by Gasteiger charge is -2.11. The molecule has 2 unspecified atom stereocenters. The molecule has 2 fully saturated rings. The molecule has 0 amide bonds. The first-order valence-corrected chi connectivity index (χ1v) is 5.54. The van der Waals surface area contributed by atoms with E-state index in [0.29, 0.717) is 5.92 Å². The molecule has 0 bridgehead atoms. The van der Waals surface area contributed by atoms with Crippen LogP contribution in [0.25, 0.3) is 0 Å². The van der Waals surface area contributed by atoms with Gasteiger partial charge in [0, 0.05) is 17.8 Å². The first-order valence-electron chi connectivity index (χ1n) is 5.54. The van der Waals surface area contributed by atoms with Crippen LogP contribution >= 0.6 is 0 Å². The van der Waals surface area contributed by atoms with Crippen molar-refractivity contribution in [2.24, 2.45) is 0 Å². The number of aromatic nitrogens is 1. The zero-order valence-corrected chi connectivity index (χ0v) is 8.60. The van der Waals surface area contributed by atoms with Crippen molar-refractivity contribution in [2.75, 3.05) is 6.61 Å². The van der Waals surface area contributed by atoms with E-state index in [2.05, 4.69) is 11.1 Å². The zero-order valence-electron chi connectivity index (χ0n) is 8.60. The van der Waals surface area contributed by atoms with Gasteiger partial charge in [-0.25, -0.2) is 0 Å². The molecule has 0 aromatic carbocycles. The highest BCUT2D eigenvalue weighted by Crippen LogP contribution is 2.60. The van der Waals surface area contributed by atoms with Gasteiger partial charge in [-0.2, -0.15) is 0 Å². The molecule has 1 saturated heterocycles. The molecule has 3 heteroatoms. The minimum atomic E-state index is 0.0156. The van der Waals surface area contributed by atoms with Gasteiger partial charge in [-0.05, 0) is 31.4 Å². The maximum Gasteiger partial charge on any atom is 0.0814 e. The summed E-state index contributed by atoms with van der Waals surface area (Å²) in [6.45, 7) is 0.149. The molecule has 1 spiro atoms. The first kappa shape index (κ1) is 9.31. The molecule has 1 aromatic heterocycles. The van der Waals surface area contributed by atoms with Crippen molar-refractivity contribution in [3.8, 4) is 0 Å². The van der Waals surface area contributed by atoms with E-state index in [1.807, 2.05) is 18.3 Å². The molecule has 80 valence electrons. The molecule has 2 aliphatic rings. The van der Waals surface area contributed by atoms with Crippen molar-refractivity contribution in [1.82, 2.24) is 4.98 Å². The molecule has 3 nitrogen and oxygen atoms in total. The van der Waals surface area contributed by atoms with E-state index in [-0.39, 0.29) is 18.3 Å². The molecule has 1 saturated carbocycles. The van der Waals surface area contributed by atoms with E-state index in [4.69, 9.17) is 9.84 Å². The predicted octanol–water partition coefficient (Wildman–Crippen LogP) is 1.48. The van der Waals surface area contributed by atoms with E-state index in [1.54, 1.807) is 0 Å². The maximum atomic E-state index is 9.04. The van der Waals surface area contributed by atoms with Gasteiger partial charge in [0.25, 0.3) is 0 Å². The summed E-state index contributed by atoms with van der Waals surface area (Å²) in [5.74, 6) is 0.454. The molecule has 1 aliphatic heterocycles. The minimum Gasteiger partial charge on any atom is -0.394 e. The summed E-state index contributed by atoms with van der Waals surface area (Å²) in [6.07, 6.45) is 5.01. The van der Waals surface area contributed by atoms with E-state index in [1.165, 1.54) is 0 Å². The van der Waals surface area contributed by atoms with E-state index < -0.39 is 0 Å². The third kappa shape index (κ3) is 1.46. The van der Waals surface area contributed by atoms with E-state index >= 15 is 0 Å². The lowest BCUT2D eigenvalue weighted by Crippen LogP contribution is -2.16. The van der Waals surface area contributed by atoms with Gasteiger partial charge >= 0.3 is 0 Å². The first-order chi connectivity index (χ1) is 7.34. The molecular weight excluding hydrogens is 190 g/mol. The number of nitrogens with zero attached hydrogens (tertiary/aromatic N) is 1. The van der Waals surface area contributed by atoms with Crippen LogP contribution in [0.5, 0.6) is 0 Å². The second-order valence-electron chi connectivity index (χ2n) is 4.54. The van der Waals surface area contributed by atoms with Gasteiger partial charge < -0.3 is 9.84 Å². The molecule has 3 atom stereocenters. The van der Waals surface area contributed by atoms with Crippen LogP contribution in [-0.4, -0.2) is 28.4 Å². The Kier molecular flexibility index (Phi) is 2.04. The van der Waals surface area contributed by atoms with Crippen molar-refractivity contribution in [3.05, 3.63) is 30.1 Å². The summed E-state index contributed by atoms with van der Waals surface area (Å²) in [4.78, 5) is 4.37. The smallest absolute Gasteiger partial charge is 0.0814 e. The summed E-state index contributed by atoms with van der Waals surface area (Å²) in [6, 6.07) is 6.02. The van der Waals surface area contributed by atoms with E-state index in [9.17, 15) is 0 Å². The average Bonchev–Trinajstić information content (AvgIpc) is 2.82. The number of rotatable bonds is 2. The molecular formula is C12H15NO2. The summed E-state index contributed by atoms with van der Waals surface area (Å²) < 4.78 is 5.89. The predicted molar refractivity (Wildman–Crippen MR) is 55.5 cm³/mol. The topological polar surface area (TPSA) is 42.4 Å². The van der Waals surface area contributed by atoms with Crippen molar-refractivity contribution >= 4 is 0 Å².